The third-order valence-corrected chi connectivity index (χ3v) is 5.35. The molecule has 0 aromatic heterocycles. The summed E-state index contributed by atoms with van der Waals surface area (Å²) in [6.45, 7) is 10.9. The van der Waals surface area contributed by atoms with Crippen LogP contribution in [-0.4, -0.2) is 36.5 Å². The van der Waals surface area contributed by atoms with Gasteiger partial charge in [0.15, 0.2) is 0 Å². The Hall–Kier alpha value is -1.06. The Morgan fingerprint density at radius 3 is 2.43 bits per heavy atom. The van der Waals surface area contributed by atoms with Gasteiger partial charge in [0.25, 0.3) is 0 Å². The third kappa shape index (κ3) is 5.50. The maximum absolute atomic E-state index is 13.0. The molecule has 0 saturated heterocycles. The average molecular weight is 325 g/mol. The Kier molecular flexibility index (Phi) is 8.07. The van der Waals surface area contributed by atoms with Crippen molar-refractivity contribution in [3.8, 4) is 0 Å². The monoisotopic (exact) mass is 325 g/mol. The largest absolute Gasteiger partial charge is 0.464 e. The first-order chi connectivity index (χ1) is 10.8. The fourth-order valence-electron chi connectivity index (χ4n) is 3.53. The number of carbonyl (C=O) groups excluding carboxylic acids is 2. The van der Waals surface area contributed by atoms with Crippen molar-refractivity contribution in [1.82, 2.24) is 4.90 Å². The Balaban J connectivity index is 2.70. The Labute approximate surface area is 141 Å². The molecule has 1 aliphatic carbocycles. The van der Waals surface area contributed by atoms with Crippen LogP contribution < -0.4 is 0 Å². The van der Waals surface area contributed by atoms with E-state index in [9.17, 15) is 9.59 Å². The fourth-order valence-corrected chi connectivity index (χ4v) is 3.53. The highest BCUT2D eigenvalue weighted by molar-refractivity contribution is 5.85. The van der Waals surface area contributed by atoms with Crippen LogP contribution in [0.4, 0.5) is 0 Å². The lowest BCUT2D eigenvalue weighted by atomic mass is 9.69. The molecular weight excluding hydrogens is 290 g/mol. The number of likely N-dealkylation sites (N-methyl/N-ethyl adjacent to an activating group) is 1. The Morgan fingerprint density at radius 1 is 1.22 bits per heavy atom. The summed E-state index contributed by atoms with van der Waals surface area (Å²) in [5.74, 6) is 1.35. The van der Waals surface area contributed by atoms with Gasteiger partial charge in [0.1, 0.15) is 6.04 Å². The van der Waals surface area contributed by atoms with Crippen molar-refractivity contribution < 1.29 is 14.3 Å². The first-order valence-corrected chi connectivity index (χ1v) is 9.22. The summed E-state index contributed by atoms with van der Waals surface area (Å²) in [4.78, 5) is 26.7. The summed E-state index contributed by atoms with van der Waals surface area (Å²) in [7, 11) is 1.74. The minimum Gasteiger partial charge on any atom is -0.464 e. The highest BCUT2D eigenvalue weighted by Gasteiger charge is 2.38. The zero-order chi connectivity index (χ0) is 17.6. The lowest BCUT2D eigenvalue weighted by Gasteiger charge is -2.39. The van der Waals surface area contributed by atoms with Crippen LogP contribution in [0.3, 0.4) is 0 Å². The minimum atomic E-state index is -0.510. The van der Waals surface area contributed by atoms with E-state index >= 15 is 0 Å². The molecule has 1 unspecified atom stereocenters. The molecule has 4 nitrogen and oxygen atoms in total. The molecule has 0 spiro atoms. The van der Waals surface area contributed by atoms with Crippen molar-refractivity contribution in [3.63, 3.8) is 0 Å². The van der Waals surface area contributed by atoms with Crippen molar-refractivity contribution in [3.05, 3.63) is 0 Å². The first kappa shape index (κ1) is 20.0. The molecule has 4 atom stereocenters. The molecule has 0 bridgehead atoms. The van der Waals surface area contributed by atoms with Gasteiger partial charge in [-0.3, -0.25) is 4.79 Å². The van der Waals surface area contributed by atoms with Crippen LogP contribution in [0.15, 0.2) is 0 Å². The Morgan fingerprint density at radius 2 is 1.87 bits per heavy atom. The van der Waals surface area contributed by atoms with Crippen molar-refractivity contribution in [2.75, 3.05) is 13.7 Å². The van der Waals surface area contributed by atoms with Gasteiger partial charge in [-0.25, -0.2) is 4.79 Å². The molecule has 0 heterocycles. The van der Waals surface area contributed by atoms with Gasteiger partial charge in [0.05, 0.1) is 6.61 Å². The van der Waals surface area contributed by atoms with Gasteiger partial charge in [-0.1, -0.05) is 40.5 Å². The summed E-state index contributed by atoms with van der Waals surface area (Å²) < 4.78 is 5.27. The highest BCUT2D eigenvalue weighted by Crippen LogP contribution is 2.39. The van der Waals surface area contributed by atoms with Crippen molar-refractivity contribution in [2.45, 2.75) is 72.8 Å². The predicted octanol–water partition coefficient (Wildman–Crippen LogP) is 3.89. The Bertz CT molecular complexity index is 394. The van der Waals surface area contributed by atoms with Crippen molar-refractivity contribution in [2.24, 2.45) is 23.7 Å². The number of hydrogen-bond donors (Lipinski definition) is 0. The van der Waals surface area contributed by atoms with Crippen LogP contribution in [0.5, 0.6) is 0 Å². The van der Waals surface area contributed by atoms with E-state index < -0.39 is 6.04 Å². The molecule has 134 valence electrons. The maximum atomic E-state index is 13.0. The van der Waals surface area contributed by atoms with Crippen LogP contribution >= 0.6 is 0 Å². The summed E-state index contributed by atoms with van der Waals surface area (Å²) >= 11 is 0. The van der Waals surface area contributed by atoms with Gasteiger partial charge in [0.2, 0.25) is 5.91 Å². The van der Waals surface area contributed by atoms with E-state index in [-0.39, 0.29) is 17.8 Å². The van der Waals surface area contributed by atoms with E-state index in [1.807, 2.05) is 0 Å². The second kappa shape index (κ2) is 9.29. The van der Waals surface area contributed by atoms with Gasteiger partial charge < -0.3 is 9.64 Å². The molecule has 1 fully saturated rings. The van der Waals surface area contributed by atoms with Gasteiger partial charge in [0, 0.05) is 13.0 Å². The van der Waals surface area contributed by atoms with E-state index in [1.54, 1.807) is 18.9 Å². The smallest absolute Gasteiger partial charge is 0.328 e. The second-order valence-corrected chi connectivity index (χ2v) is 7.58. The number of esters is 1. The summed E-state index contributed by atoms with van der Waals surface area (Å²) in [6, 6.07) is -0.510. The van der Waals surface area contributed by atoms with E-state index in [0.717, 1.165) is 25.7 Å². The van der Waals surface area contributed by atoms with E-state index in [2.05, 4.69) is 27.7 Å². The second-order valence-electron chi connectivity index (χ2n) is 7.58. The normalized spacial score (nSPS) is 26.0. The number of unbranched alkanes of at least 4 members (excludes halogenated alkanes) is 1. The number of amides is 1. The molecule has 0 aliphatic heterocycles. The number of hydrogen-bond acceptors (Lipinski definition) is 3. The fraction of sp³-hybridized carbons (Fsp3) is 0.895. The standard InChI is InChI=1S/C19H35NO3/c1-7-8-11-23-19(22)15(5)20(6)18(21)17-12-14(4)9-10-16(17)13(2)3/h13-17H,7-12H2,1-6H3/t14-,15?,16+,17-/m1/s1. The topological polar surface area (TPSA) is 46.6 Å². The third-order valence-electron chi connectivity index (χ3n) is 5.35. The van der Waals surface area contributed by atoms with Crippen LogP contribution in [0, 0.1) is 23.7 Å². The highest BCUT2D eigenvalue weighted by atomic mass is 16.5. The van der Waals surface area contributed by atoms with Gasteiger partial charge in [-0.05, 0) is 43.9 Å². The molecule has 0 aromatic rings. The van der Waals surface area contributed by atoms with Crippen LogP contribution in [0.1, 0.15) is 66.7 Å². The van der Waals surface area contributed by atoms with Crippen molar-refractivity contribution in [1.29, 1.82) is 0 Å². The lowest BCUT2D eigenvalue weighted by Crippen LogP contribution is -2.47. The molecule has 4 heteroatoms. The first-order valence-electron chi connectivity index (χ1n) is 9.22. The van der Waals surface area contributed by atoms with E-state index in [4.69, 9.17) is 4.74 Å². The number of rotatable bonds is 7. The number of nitrogens with zero attached hydrogens (tertiary/aromatic N) is 1. The summed E-state index contributed by atoms with van der Waals surface area (Å²) in [5, 5.41) is 0. The molecule has 0 aromatic carbocycles. The molecule has 1 rings (SSSR count). The van der Waals surface area contributed by atoms with Crippen LogP contribution in [0.25, 0.3) is 0 Å². The average Bonchev–Trinajstić information content (AvgIpc) is 2.52. The summed E-state index contributed by atoms with van der Waals surface area (Å²) in [5.41, 5.74) is 0. The zero-order valence-corrected chi connectivity index (χ0v) is 15.8. The predicted molar refractivity (Wildman–Crippen MR) is 92.9 cm³/mol. The molecular formula is C19H35NO3. The molecule has 23 heavy (non-hydrogen) atoms. The summed E-state index contributed by atoms with van der Waals surface area (Å²) in [6.07, 6.45) is 5.10. The molecule has 1 amide bonds. The molecule has 1 aliphatic rings. The lowest BCUT2D eigenvalue weighted by molar-refractivity contribution is -0.156. The number of carbonyl (C=O) groups is 2. The van der Waals surface area contributed by atoms with Gasteiger partial charge in [-0.2, -0.15) is 0 Å². The van der Waals surface area contributed by atoms with E-state index in [1.165, 1.54) is 6.42 Å². The SMILES string of the molecule is CCCCOC(=O)C(C)N(C)C(=O)[C@@H]1C[C@H](C)CC[C@H]1C(C)C. The molecule has 0 radical (unpaired) electrons. The molecule has 1 saturated carbocycles. The maximum Gasteiger partial charge on any atom is 0.328 e. The number of ether oxygens (including phenoxy) is 1. The van der Waals surface area contributed by atoms with Crippen molar-refractivity contribution >= 4 is 11.9 Å². The van der Waals surface area contributed by atoms with Gasteiger partial charge >= 0.3 is 5.97 Å². The van der Waals surface area contributed by atoms with Crippen LogP contribution in [0.2, 0.25) is 0 Å². The zero-order valence-electron chi connectivity index (χ0n) is 15.8. The van der Waals surface area contributed by atoms with Crippen LogP contribution in [-0.2, 0) is 14.3 Å². The van der Waals surface area contributed by atoms with Gasteiger partial charge in [-0.15, -0.1) is 0 Å². The van der Waals surface area contributed by atoms with E-state index in [0.29, 0.717) is 24.4 Å². The quantitative estimate of drug-likeness (QED) is 0.527. The minimum absolute atomic E-state index is 0.0367. The molecule has 0 N–H and O–H groups in total.